The number of fused-ring (bicyclic) bond motifs is 12. The Morgan fingerprint density at radius 1 is 0.352 bits per heavy atom. The summed E-state index contributed by atoms with van der Waals surface area (Å²) in [6, 6.07) is 66.6. The second-order valence-electron chi connectivity index (χ2n) is 14.3. The molecule has 0 amide bonds. The van der Waals surface area contributed by atoms with Crippen LogP contribution >= 0.6 is 11.3 Å². The zero-order valence-electron chi connectivity index (χ0n) is 29.1. The van der Waals surface area contributed by atoms with E-state index in [2.05, 4.69) is 182 Å². The van der Waals surface area contributed by atoms with Gasteiger partial charge >= 0.3 is 0 Å². The summed E-state index contributed by atoms with van der Waals surface area (Å²) >= 11 is 1.86. The molecule has 0 unspecified atom stereocenters. The molecule has 0 bridgehead atoms. The van der Waals surface area contributed by atoms with E-state index in [9.17, 15) is 0 Å². The van der Waals surface area contributed by atoms with Gasteiger partial charge in [0, 0.05) is 30.9 Å². The maximum Gasteiger partial charge on any atom is 0.144 e. The van der Waals surface area contributed by atoms with Crippen LogP contribution in [0.3, 0.4) is 0 Å². The van der Waals surface area contributed by atoms with Crippen molar-refractivity contribution in [3.63, 3.8) is 0 Å². The maximum absolute atomic E-state index is 6.86. The van der Waals surface area contributed by atoms with Crippen LogP contribution in [-0.4, -0.2) is 0 Å². The molecule has 12 rings (SSSR count). The Bertz CT molecular complexity index is 3440. The fourth-order valence-electron chi connectivity index (χ4n) is 9.09. The SMILES string of the molecule is c1ccc(-c2c3ccccc3c(-c3ccc(-c4ccc5c(c4)oc4c5ccc5sc6c7ccccc7ccc6c54)c4ccccc34)c3ccccc23)cc1. The first-order valence-electron chi connectivity index (χ1n) is 18.5. The topological polar surface area (TPSA) is 13.1 Å². The van der Waals surface area contributed by atoms with Gasteiger partial charge in [-0.1, -0.05) is 158 Å². The Morgan fingerprint density at radius 2 is 0.926 bits per heavy atom. The van der Waals surface area contributed by atoms with Crippen LogP contribution in [0.4, 0.5) is 0 Å². The second-order valence-corrected chi connectivity index (χ2v) is 15.4. The van der Waals surface area contributed by atoms with E-state index in [1.807, 2.05) is 11.3 Å². The Balaban J connectivity index is 1.07. The molecule has 12 aromatic rings. The first-order chi connectivity index (χ1) is 26.8. The number of benzene rings is 10. The van der Waals surface area contributed by atoms with Crippen molar-refractivity contribution in [2.24, 2.45) is 0 Å². The molecule has 0 N–H and O–H groups in total. The number of hydrogen-bond acceptors (Lipinski definition) is 2. The Labute approximate surface area is 314 Å². The molecule has 1 nitrogen and oxygen atoms in total. The van der Waals surface area contributed by atoms with Crippen LogP contribution in [0.5, 0.6) is 0 Å². The summed E-state index contributed by atoms with van der Waals surface area (Å²) < 4.78 is 9.44. The van der Waals surface area contributed by atoms with Crippen molar-refractivity contribution in [2.45, 2.75) is 0 Å². The predicted molar refractivity (Wildman–Crippen MR) is 233 cm³/mol. The number of hydrogen-bond donors (Lipinski definition) is 0. The average molecular weight is 703 g/mol. The zero-order valence-corrected chi connectivity index (χ0v) is 30.0. The van der Waals surface area contributed by atoms with E-state index in [4.69, 9.17) is 4.42 Å². The molecule has 2 aromatic heterocycles. The van der Waals surface area contributed by atoms with Gasteiger partial charge in [0.25, 0.3) is 0 Å². The fraction of sp³-hybridized carbons (Fsp3) is 0. The summed E-state index contributed by atoms with van der Waals surface area (Å²) in [4.78, 5) is 0. The molecule has 10 aromatic carbocycles. The van der Waals surface area contributed by atoms with Gasteiger partial charge < -0.3 is 4.42 Å². The lowest BCUT2D eigenvalue weighted by Crippen LogP contribution is -1.92. The normalized spacial score (nSPS) is 12.1. The highest BCUT2D eigenvalue weighted by atomic mass is 32.1. The third-order valence-corrected chi connectivity index (χ3v) is 12.7. The van der Waals surface area contributed by atoms with Crippen LogP contribution in [0.15, 0.2) is 186 Å². The Kier molecular flexibility index (Phi) is 6.28. The van der Waals surface area contributed by atoms with E-state index < -0.39 is 0 Å². The van der Waals surface area contributed by atoms with Gasteiger partial charge in [-0.05, 0) is 101 Å². The fourth-order valence-corrected chi connectivity index (χ4v) is 10.3. The molecule has 250 valence electrons. The van der Waals surface area contributed by atoms with E-state index in [1.165, 1.54) is 91.1 Å². The molecule has 0 aliphatic heterocycles. The molecular formula is C52H30OS. The molecule has 0 fully saturated rings. The summed E-state index contributed by atoms with van der Waals surface area (Å²) in [6.07, 6.45) is 0. The quantitative estimate of drug-likeness (QED) is 0.167. The Morgan fingerprint density at radius 3 is 1.67 bits per heavy atom. The smallest absolute Gasteiger partial charge is 0.144 e. The van der Waals surface area contributed by atoms with Gasteiger partial charge in [-0.2, -0.15) is 0 Å². The van der Waals surface area contributed by atoms with E-state index in [-0.39, 0.29) is 0 Å². The summed E-state index contributed by atoms with van der Waals surface area (Å²) in [5.74, 6) is 0. The van der Waals surface area contributed by atoms with Crippen LogP contribution in [0.2, 0.25) is 0 Å². The monoisotopic (exact) mass is 702 g/mol. The highest BCUT2D eigenvalue weighted by Gasteiger charge is 2.20. The van der Waals surface area contributed by atoms with Crippen molar-refractivity contribution in [1.82, 2.24) is 0 Å². The van der Waals surface area contributed by atoms with Crippen molar-refractivity contribution >= 4 is 96.5 Å². The highest BCUT2D eigenvalue weighted by molar-refractivity contribution is 7.26. The number of rotatable bonds is 3. The molecule has 2 heterocycles. The molecule has 0 spiro atoms. The van der Waals surface area contributed by atoms with E-state index in [0.29, 0.717) is 0 Å². The van der Waals surface area contributed by atoms with Crippen molar-refractivity contribution in [3.05, 3.63) is 182 Å². The number of thiophene rings is 1. The highest BCUT2D eigenvalue weighted by Crippen LogP contribution is 2.48. The largest absolute Gasteiger partial charge is 0.455 e. The van der Waals surface area contributed by atoms with Gasteiger partial charge in [0.15, 0.2) is 0 Å². The third kappa shape index (κ3) is 4.20. The molecular weight excluding hydrogens is 673 g/mol. The molecule has 0 aliphatic carbocycles. The van der Waals surface area contributed by atoms with Crippen LogP contribution < -0.4 is 0 Å². The summed E-state index contributed by atoms with van der Waals surface area (Å²) in [5.41, 5.74) is 9.27. The van der Waals surface area contributed by atoms with Gasteiger partial charge in [0.1, 0.15) is 11.2 Å². The van der Waals surface area contributed by atoms with Gasteiger partial charge in [-0.3, -0.25) is 0 Å². The average Bonchev–Trinajstić information content (AvgIpc) is 3.81. The van der Waals surface area contributed by atoms with Crippen LogP contribution in [0.1, 0.15) is 0 Å². The maximum atomic E-state index is 6.86. The van der Waals surface area contributed by atoms with Crippen molar-refractivity contribution in [2.75, 3.05) is 0 Å². The first-order valence-corrected chi connectivity index (χ1v) is 19.3. The molecule has 2 heteroatoms. The summed E-state index contributed by atoms with van der Waals surface area (Å²) in [6.45, 7) is 0. The van der Waals surface area contributed by atoms with E-state index >= 15 is 0 Å². The summed E-state index contributed by atoms with van der Waals surface area (Å²) in [5, 5.41) is 14.9. The molecule has 0 aliphatic rings. The van der Waals surface area contributed by atoms with Gasteiger partial charge in [0.05, 0.1) is 0 Å². The second kappa shape index (κ2) is 11.4. The first kappa shape index (κ1) is 29.8. The van der Waals surface area contributed by atoms with Gasteiger partial charge in [-0.25, -0.2) is 0 Å². The molecule has 0 saturated heterocycles. The minimum atomic E-state index is 0.914. The van der Waals surface area contributed by atoms with Crippen LogP contribution in [-0.2, 0) is 0 Å². The summed E-state index contributed by atoms with van der Waals surface area (Å²) in [7, 11) is 0. The third-order valence-electron chi connectivity index (χ3n) is 11.5. The lowest BCUT2D eigenvalue weighted by molar-refractivity contribution is 0.673. The van der Waals surface area contributed by atoms with Crippen molar-refractivity contribution in [3.8, 4) is 33.4 Å². The minimum Gasteiger partial charge on any atom is -0.455 e. The lowest BCUT2D eigenvalue weighted by atomic mass is 9.84. The van der Waals surface area contributed by atoms with Gasteiger partial charge in [-0.15, -0.1) is 11.3 Å². The minimum absolute atomic E-state index is 0.914. The Hall–Kier alpha value is -6.74. The standard InChI is InChI=1S/C52H30OS/c1-2-13-32(14-3-1)48-39-18-8-10-20-41(39)49(42-21-11-9-19-40(42)48)43-27-26-34(36-16-6-7-17-37(36)43)33-23-24-38-44-28-29-47-50(51(44)53-46(38)30-33)45-25-22-31-12-4-5-15-35(31)52(45)54-47/h1-30H. The van der Waals surface area contributed by atoms with Crippen molar-refractivity contribution in [1.29, 1.82) is 0 Å². The molecule has 0 atom stereocenters. The van der Waals surface area contributed by atoms with E-state index in [1.54, 1.807) is 0 Å². The molecule has 0 saturated carbocycles. The molecule has 0 radical (unpaired) electrons. The van der Waals surface area contributed by atoms with E-state index in [0.717, 1.165) is 27.5 Å². The molecule has 54 heavy (non-hydrogen) atoms. The van der Waals surface area contributed by atoms with Crippen molar-refractivity contribution < 1.29 is 4.42 Å². The lowest BCUT2D eigenvalue weighted by Gasteiger charge is -2.19. The van der Waals surface area contributed by atoms with Crippen LogP contribution in [0, 0.1) is 0 Å². The van der Waals surface area contributed by atoms with Gasteiger partial charge in [0.2, 0.25) is 0 Å². The number of furan rings is 1. The zero-order chi connectivity index (χ0) is 35.3. The predicted octanol–water partition coefficient (Wildman–Crippen LogP) is 15.6. The van der Waals surface area contributed by atoms with Crippen LogP contribution in [0.25, 0.3) is 119 Å².